The molecule has 3 aliphatic rings. The number of fused-ring (bicyclic) bond motifs is 3. The number of hydrogen-bond donors (Lipinski definition) is 1. The van der Waals surface area contributed by atoms with Gasteiger partial charge in [0.25, 0.3) is 0 Å². The van der Waals surface area contributed by atoms with Crippen molar-refractivity contribution in [2.24, 2.45) is 23.5 Å². The molecule has 0 radical (unpaired) electrons. The second-order valence-corrected chi connectivity index (χ2v) is 4.36. The van der Waals surface area contributed by atoms with E-state index in [1.54, 1.807) is 0 Å². The van der Waals surface area contributed by atoms with Gasteiger partial charge in [-0.1, -0.05) is 0 Å². The standard InChI is InChI=1S/C10H17NO2.ClH/c1-13-10(12)8-4-7-3-2-6(8)5-9(7)11;/h6-9H,2-5,11H2,1H3;1H/t6-,7-,8-,9-;/m1./s1. The molecule has 82 valence electrons. The first-order chi connectivity index (χ1) is 6.22. The van der Waals surface area contributed by atoms with E-state index in [1.807, 2.05) is 0 Å². The monoisotopic (exact) mass is 219 g/mol. The minimum absolute atomic E-state index is 0. The van der Waals surface area contributed by atoms with Crippen LogP contribution in [0.2, 0.25) is 0 Å². The Hall–Kier alpha value is -0.280. The van der Waals surface area contributed by atoms with E-state index in [2.05, 4.69) is 0 Å². The number of halogens is 1. The third kappa shape index (κ3) is 1.89. The first-order valence-corrected chi connectivity index (χ1v) is 5.05. The van der Waals surface area contributed by atoms with Crippen LogP contribution in [0.5, 0.6) is 0 Å². The number of rotatable bonds is 1. The van der Waals surface area contributed by atoms with E-state index >= 15 is 0 Å². The molecule has 4 atom stereocenters. The number of nitrogens with two attached hydrogens (primary N) is 1. The van der Waals surface area contributed by atoms with Crippen LogP contribution in [0, 0.1) is 17.8 Å². The number of hydrogen-bond acceptors (Lipinski definition) is 3. The molecule has 3 fully saturated rings. The van der Waals surface area contributed by atoms with E-state index in [1.165, 1.54) is 13.5 Å². The van der Waals surface area contributed by atoms with Gasteiger partial charge in [-0.25, -0.2) is 0 Å². The highest BCUT2D eigenvalue weighted by Gasteiger charge is 2.43. The van der Waals surface area contributed by atoms with E-state index in [0.29, 0.717) is 17.9 Å². The Morgan fingerprint density at radius 2 is 1.93 bits per heavy atom. The van der Waals surface area contributed by atoms with Crippen molar-refractivity contribution in [2.75, 3.05) is 7.11 Å². The van der Waals surface area contributed by atoms with E-state index in [4.69, 9.17) is 10.5 Å². The molecule has 0 amide bonds. The molecule has 0 aromatic carbocycles. The smallest absolute Gasteiger partial charge is 0.308 e. The van der Waals surface area contributed by atoms with Crippen molar-refractivity contribution >= 4 is 18.4 Å². The van der Waals surface area contributed by atoms with Crippen LogP contribution in [0.25, 0.3) is 0 Å². The lowest BCUT2D eigenvalue weighted by molar-refractivity contribution is -0.151. The minimum atomic E-state index is -0.0263. The number of ether oxygens (including phenoxy) is 1. The van der Waals surface area contributed by atoms with Crippen LogP contribution >= 0.6 is 12.4 Å². The lowest BCUT2D eigenvalue weighted by atomic mass is 9.62. The Morgan fingerprint density at radius 3 is 2.36 bits per heavy atom. The van der Waals surface area contributed by atoms with E-state index in [-0.39, 0.29) is 24.3 Å². The number of esters is 1. The fourth-order valence-corrected chi connectivity index (χ4v) is 2.92. The molecule has 14 heavy (non-hydrogen) atoms. The summed E-state index contributed by atoms with van der Waals surface area (Å²) >= 11 is 0. The summed E-state index contributed by atoms with van der Waals surface area (Å²) < 4.78 is 4.80. The SMILES string of the molecule is COC(=O)[C@@H]1C[C@H]2CC[C@@H]1C[C@H]2N.Cl. The van der Waals surface area contributed by atoms with Gasteiger partial charge in [0.15, 0.2) is 0 Å². The average molecular weight is 220 g/mol. The summed E-state index contributed by atoms with van der Waals surface area (Å²) in [6, 6.07) is 0.333. The zero-order valence-corrected chi connectivity index (χ0v) is 9.26. The molecule has 0 heterocycles. The van der Waals surface area contributed by atoms with Crippen molar-refractivity contribution in [3.63, 3.8) is 0 Å². The quantitative estimate of drug-likeness (QED) is 0.678. The van der Waals surface area contributed by atoms with Gasteiger partial charge in [0.1, 0.15) is 0 Å². The zero-order chi connectivity index (χ0) is 9.42. The van der Waals surface area contributed by atoms with Crippen LogP contribution in [0.3, 0.4) is 0 Å². The summed E-state index contributed by atoms with van der Waals surface area (Å²) in [6.45, 7) is 0. The highest BCUT2D eigenvalue weighted by Crippen LogP contribution is 2.44. The molecule has 0 saturated heterocycles. The van der Waals surface area contributed by atoms with E-state index in [0.717, 1.165) is 19.3 Å². The lowest BCUT2D eigenvalue weighted by Crippen LogP contribution is -2.47. The van der Waals surface area contributed by atoms with Gasteiger partial charge in [-0.3, -0.25) is 4.79 Å². The highest BCUT2D eigenvalue weighted by molar-refractivity contribution is 5.85. The van der Waals surface area contributed by atoms with Crippen molar-refractivity contribution in [1.82, 2.24) is 0 Å². The normalized spacial score (nSPS) is 40.1. The third-order valence-corrected chi connectivity index (χ3v) is 3.72. The Morgan fingerprint density at radius 1 is 1.29 bits per heavy atom. The first kappa shape index (κ1) is 11.8. The Labute approximate surface area is 90.8 Å². The summed E-state index contributed by atoms with van der Waals surface area (Å²) in [5.74, 6) is 1.17. The number of methoxy groups -OCH3 is 1. The zero-order valence-electron chi connectivity index (χ0n) is 8.44. The van der Waals surface area contributed by atoms with Crippen LogP contribution in [0.1, 0.15) is 25.7 Å². The van der Waals surface area contributed by atoms with E-state index in [9.17, 15) is 4.79 Å². The van der Waals surface area contributed by atoms with Gasteiger partial charge in [0.05, 0.1) is 13.0 Å². The molecular weight excluding hydrogens is 202 g/mol. The van der Waals surface area contributed by atoms with Gasteiger partial charge in [-0.05, 0) is 37.5 Å². The van der Waals surface area contributed by atoms with Gasteiger partial charge in [-0.2, -0.15) is 0 Å². The van der Waals surface area contributed by atoms with Crippen molar-refractivity contribution in [3.8, 4) is 0 Å². The molecule has 0 aromatic rings. The molecule has 0 aromatic heterocycles. The van der Waals surface area contributed by atoms with Crippen LogP contribution in [-0.2, 0) is 9.53 Å². The molecule has 4 heteroatoms. The molecule has 0 aliphatic heterocycles. The molecule has 3 saturated carbocycles. The second kappa shape index (κ2) is 4.49. The van der Waals surface area contributed by atoms with Crippen LogP contribution in [-0.4, -0.2) is 19.1 Å². The van der Waals surface area contributed by atoms with Gasteiger partial charge in [-0.15, -0.1) is 12.4 Å². The average Bonchev–Trinajstić information content (AvgIpc) is 2.17. The molecule has 2 bridgehead atoms. The molecule has 3 aliphatic carbocycles. The second-order valence-electron chi connectivity index (χ2n) is 4.36. The van der Waals surface area contributed by atoms with Crippen molar-refractivity contribution in [2.45, 2.75) is 31.7 Å². The van der Waals surface area contributed by atoms with Crippen molar-refractivity contribution < 1.29 is 9.53 Å². The largest absolute Gasteiger partial charge is 0.469 e. The van der Waals surface area contributed by atoms with E-state index < -0.39 is 0 Å². The summed E-state index contributed by atoms with van der Waals surface area (Å²) in [6.07, 6.45) is 4.35. The van der Waals surface area contributed by atoms with Crippen LogP contribution < -0.4 is 5.73 Å². The molecule has 0 spiro atoms. The maximum atomic E-state index is 11.4. The molecule has 3 nitrogen and oxygen atoms in total. The maximum absolute atomic E-state index is 11.4. The predicted octanol–water partition coefficient (Wildman–Crippen LogP) is 1.34. The van der Waals surface area contributed by atoms with Gasteiger partial charge < -0.3 is 10.5 Å². The van der Waals surface area contributed by atoms with Gasteiger partial charge in [0.2, 0.25) is 0 Å². The maximum Gasteiger partial charge on any atom is 0.308 e. The topological polar surface area (TPSA) is 52.3 Å². The van der Waals surface area contributed by atoms with Crippen LogP contribution in [0.4, 0.5) is 0 Å². The first-order valence-electron chi connectivity index (χ1n) is 5.05. The molecular formula is C10H18ClNO2. The minimum Gasteiger partial charge on any atom is -0.469 e. The highest BCUT2D eigenvalue weighted by atomic mass is 35.5. The van der Waals surface area contributed by atoms with Gasteiger partial charge >= 0.3 is 5.97 Å². The fraction of sp³-hybridized carbons (Fsp3) is 0.900. The summed E-state index contributed by atoms with van der Waals surface area (Å²) in [5, 5.41) is 0. The summed E-state index contributed by atoms with van der Waals surface area (Å²) in [5.41, 5.74) is 5.97. The molecule has 2 N–H and O–H groups in total. The Bertz CT molecular complexity index is 222. The summed E-state index contributed by atoms with van der Waals surface area (Å²) in [4.78, 5) is 11.4. The summed E-state index contributed by atoms with van der Waals surface area (Å²) in [7, 11) is 1.48. The number of carbonyl (C=O) groups excluding carboxylic acids is 1. The lowest BCUT2D eigenvalue weighted by Gasteiger charge is -2.44. The fourth-order valence-electron chi connectivity index (χ4n) is 2.92. The van der Waals surface area contributed by atoms with Gasteiger partial charge in [0, 0.05) is 6.04 Å². The van der Waals surface area contributed by atoms with Crippen LogP contribution in [0.15, 0.2) is 0 Å². The third-order valence-electron chi connectivity index (χ3n) is 3.72. The molecule has 3 rings (SSSR count). The van der Waals surface area contributed by atoms with Crippen molar-refractivity contribution in [3.05, 3.63) is 0 Å². The molecule has 0 unspecified atom stereocenters. The Kier molecular flexibility index (Phi) is 3.78. The van der Waals surface area contributed by atoms with Crippen molar-refractivity contribution in [1.29, 1.82) is 0 Å². The number of carbonyl (C=O) groups is 1. The Balaban J connectivity index is 0.000000980. The predicted molar refractivity (Wildman–Crippen MR) is 56.2 cm³/mol.